The van der Waals surface area contributed by atoms with Gasteiger partial charge >= 0.3 is 0 Å². The first-order chi connectivity index (χ1) is 9.72. The molecule has 0 unspecified atom stereocenters. The number of morpholine rings is 1. The van der Waals surface area contributed by atoms with E-state index in [1.54, 1.807) is 0 Å². The monoisotopic (exact) mass is 293 g/mol. The highest BCUT2D eigenvalue weighted by Gasteiger charge is 2.30. The third kappa shape index (κ3) is 3.07. The number of rotatable bonds is 2. The Kier molecular flexibility index (Phi) is 4.13. The molecule has 1 saturated heterocycles. The highest BCUT2D eigenvalue weighted by Crippen LogP contribution is 2.39. The van der Waals surface area contributed by atoms with Gasteiger partial charge in [-0.25, -0.2) is 4.99 Å². The molecule has 1 aliphatic heterocycles. The summed E-state index contributed by atoms with van der Waals surface area (Å²) in [5.41, 5.74) is 7.38. The van der Waals surface area contributed by atoms with Gasteiger partial charge in [-0.1, -0.05) is 23.7 Å². The first-order valence-electron chi connectivity index (χ1n) is 7.14. The number of hydrogen-bond acceptors (Lipinski definition) is 2. The minimum absolute atomic E-state index is 0.349. The van der Waals surface area contributed by atoms with Crippen LogP contribution in [0.4, 0.5) is 0 Å². The molecule has 0 aromatic heterocycles. The maximum Gasteiger partial charge on any atom is 0.191 e. The Hall–Kier alpha value is -1.26. The van der Waals surface area contributed by atoms with E-state index in [2.05, 4.69) is 22.0 Å². The Morgan fingerprint density at radius 2 is 2.05 bits per heavy atom. The third-order valence-electron chi connectivity index (χ3n) is 4.08. The minimum Gasteiger partial charge on any atom is -0.378 e. The Bertz CT molecular complexity index is 494. The molecule has 0 amide bonds. The quantitative estimate of drug-likeness (QED) is 0.672. The molecular formula is C15H20ClN3O. The molecule has 108 valence electrons. The number of ether oxygens (including phenoxy) is 1. The molecule has 0 radical (unpaired) electrons. The SMILES string of the molecule is NC(=NC1CC(c2cccc(Cl)c2)C1)N1CCOCC1. The van der Waals surface area contributed by atoms with Crippen molar-refractivity contribution >= 4 is 17.6 Å². The molecule has 4 nitrogen and oxygen atoms in total. The number of guanidine groups is 1. The zero-order valence-electron chi connectivity index (χ0n) is 11.5. The topological polar surface area (TPSA) is 50.8 Å². The van der Waals surface area contributed by atoms with Crippen LogP contribution in [0, 0.1) is 0 Å². The number of halogens is 1. The summed E-state index contributed by atoms with van der Waals surface area (Å²) in [6.07, 6.45) is 2.12. The van der Waals surface area contributed by atoms with Gasteiger partial charge in [0.05, 0.1) is 19.3 Å². The van der Waals surface area contributed by atoms with Crippen LogP contribution >= 0.6 is 11.6 Å². The molecule has 1 aliphatic carbocycles. The summed E-state index contributed by atoms with van der Waals surface area (Å²) in [7, 11) is 0. The van der Waals surface area contributed by atoms with E-state index < -0.39 is 0 Å². The highest BCUT2D eigenvalue weighted by molar-refractivity contribution is 6.30. The Balaban J connectivity index is 1.54. The van der Waals surface area contributed by atoms with Crippen LogP contribution in [0.15, 0.2) is 29.3 Å². The van der Waals surface area contributed by atoms with E-state index in [1.165, 1.54) is 5.56 Å². The molecule has 20 heavy (non-hydrogen) atoms. The van der Waals surface area contributed by atoms with E-state index in [9.17, 15) is 0 Å². The van der Waals surface area contributed by atoms with Crippen molar-refractivity contribution in [1.82, 2.24) is 4.90 Å². The van der Waals surface area contributed by atoms with Gasteiger partial charge in [0.1, 0.15) is 0 Å². The van der Waals surface area contributed by atoms with Gasteiger partial charge in [0.2, 0.25) is 0 Å². The second-order valence-electron chi connectivity index (χ2n) is 5.46. The van der Waals surface area contributed by atoms with Crippen molar-refractivity contribution in [3.05, 3.63) is 34.9 Å². The lowest BCUT2D eigenvalue weighted by molar-refractivity contribution is 0.0671. The van der Waals surface area contributed by atoms with E-state index in [1.807, 2.05) is 12.1 Å². The predicted octanol–water partition coefficient (Wildman–Crippen LogP) is 2.23. The number of nitrogens with two attached hydrogens (primary N) is 1. The second-order valence-corrected chi connectivity index (χ2v) is 5.90. The number of hydrogen-bond donors (Lipinski definition) is 1. The Morgan fingerprint density at radius 3 is 2.75 bits per heavy atom. The van der Waals surface area contributed by atoms with Gasteiger partial charge in [-0.15, -0.1) is 0 Å². The summed E-state index contributed by atoms with van der Waals surface area (Å²) in [5, 5.41) is 0.808. The largest absolute Gasteiger partial charge is 0.378 e. The lowest BCUT2D eigenvalue weighted by Crippen LogP contribution is -2.46. The number of nitrogens with zero attached hydrogens (tertiary/aromatic N) is 2. The van der Waals surface area contributed by atoms with Gasteiger partial charge in [0.25, 0.3) is 0 Å². The lowest BCUT2D eigenvalue weighted by Gasteiger charge is -2.35. The molecule has 1 saturated carbocycles. The molecule has 5 heteroatoms. The fourth-order valence-electron chi connectivity index (χ4n) is 2.79. The molecule has 3 rings (SSSR count). The summed E-state index contributed by atoms with van der Waals surface area (Å²) in [4.78, 5) is 6.74. The molecule has 1 aromatic rings. The molecule has 0 spiro atoms. The van der Waals surface area contributed by atoms with Crippen molar-refractivity contribution in [2.24, 2.45) is 10.7 Å². The molecule has 2 fully saturated rings. The van der Waals surface area contributed by atoms with Crippen LogP contribution in [0.1, 0.15) is 24.3 Å². The maximum absolute atomic E-state index is 6.07. The Labute approximate surface area is 124 Å². The van der Waals surface area contributed by atoms with Crippen LogP contribution in [-0.4, -0.2) is 43.2 Å². The van der Waals surface area contributed by atoms with Crippen LogP contribution < -0.4 is 5.73 Å². The summed E-state index contributed by atoms with van der Waals surface area (Å²) in [6, 6.07) is 8.47. The molecule has 2 aliphatic rings. The standard InChI is InChI=1S/C15H20ClN3O/c16-13-3-1-2-11(8-13)12-9-14(10-12)18-15(17)19-4-6-20-7-5-19/h1-3,8,12,14H,4-7,9-10H2,(H2,17,18). The average Bonchev–Trinajstić information content (AvgIpc) is 2.43. The van der Waals surface area contributed by atoms with Crippen molar-refractivity contribution in [3.8, 4) is 0 Å². The summed E-state index contributed by atoms with van der Waals surface area (Å²) in [5.74, 6) is 1.24. The number of aliphatic imine (C=N–C) groups is 1. The van der Waals surface area contributed by atoms with Gasteiger partial charge < -0.3 is 15.4 Å². The number of benzene rings is 1. The van der Waals surface area contributed by atoms with Crippen molar-refractivity contribution in [1.29, 1.82) is 0 Å². The van der Waals surface area contributed by atoms with Crippen molar-refractivity contribution < 1.29 is 4.74 Å². The summed E-state index contributed by atoms with van der Waals surface area (Å²) in [6.45, 7) is 3.18. The second kappa shape index (κ2) is 6.02. The fraction of sp³-hybridized carbons (Fsp3) is 0.533. The van der Waals surface area contributed by atoms with E-state index >= 15 is 0 Å². The predicted molar refractivity (Wildman–Crippen MR) is 81.2 cm³/mol. The maximum atomic E-state index is 6.07. The zero-order valence-corrected chi connectivity index (χ0v) is 12.2. The average molecular weight is 294 g/mol. The normalized spacial score (nSPS) is 27.2. The van der Waals surface area contributed by atoms with Crippen molar-refractivity contribution in [2.45, 2.75) is 24.8 Å². The highest BCUT2D eigenvalue weighted by atomic mass is 35.5. The van der Waals surface area contributed by atoms with Crippen LogP contribution in [0.2, 0.25) is 5.02 Å². The molecule has 1 heterocycles. The van der Waals surface area contributed by atoms with Crippen LogP contribution in [0.5, 0.6) is 0 Å². The van der Waals surface area contributed by atoms with E-state index in [0.717, 1.165) is 44.2 Å². The van der Waals surface area contributed by atoms with Crippen molar-refractivity contribution in [2.75, 3.05) is 26.3 Å². The van der Waals surface area contributed by atoms with E-state index in [4.69, 9.17) is 22.1 Å². The van der Waals surface area contributed by atoms with Gasteiger partial charge in [-0.05, 0) is 36.5 Å². The molecule has 2 N–H and O–H groups in total. The summed E-state index contributed by atoms with van der Waals surface area (Å²) >= 11 is 6.03. The lowest BCUT2D eigenvalue weighted by atomic mass is 9.76. The van der Waals surface area contributed by atoms with E-state index in [0.29, 0.717) is 17.9 Å². The van der Waals surface area contributed by atoms with Crippen LogP contribution in [-0.2, 0) is 4.74 Å². The van der Waals surface area contributed by atoms with Crippen LogP contribution in [0.3, 0.4) is 0 Å². The molecule has 0 bridgehead atoms. The smallest absolute Gasteiger partial charge is 0.191 e. The molecule has 0 atom stereocenters. The minimum atomic E-state index is 0.349. The van der Waals surface area contributed by atoms with Gasteiger partial charge in [-0.3, -0.25) is 0 Å². The first kappa shape index (κ1) is 13.7. The Morgan fingerprint density at radius 1 is 1.30 bits per heavy atom. The van der Waals surface area contributed by atoms with Gasteiger partial charge in [0, 0.05) is 18.1 Å². The van der Waals surface area contributed by atoms with Crippen LogP contribution in [0.25, 0.3) is 0 Å². The van der Waals surface area contributed by atoms with Gasteiger partial charge in [0.15, 0.2) is 5.96 Å². The third-order valence-corrected chi connectivity index (χ3v) is 4.32. The van der Waals surface area contributed by atoms with E-state index in [-0.39, 0.29) is 0 Å². The molecular weight excluding hydrogens is 274 g/mol. The van der Waals surface area contributed by atoms with Crippen molar-refractivity contribution in [3.63, 3.8) is 0 Å². The van der Waals surface area contributed by atoms with Gasteiger partial charge in [-0.2, -0.15) is 0 Å². The zero-order chi connectivity index (χ0) is 13.9. The fourth-order valence-corrected chi connectivity index (χ4v) is 2.99. The summed E-state index contributed by atoms with van der Waals surface area (Å²) < 4.78 is 5.32. The first-order valence-corrected chi connectivity index (χ1v) is 7.51. The molecule has 1 aromatic carbocycles.